The molecule has 7 nitrogen and oxygen atoms in total. The quantitative estimate of drug-likeness (QED) is 0.856. The highest BCUT2D eigenvalue weighted by atomic mass is 16.5. The number of pyridine rings is 1. The summed E-state index contributed by atoms with van der Waals surface area (Å²) in [6.45, 7) is 5.89. The first kappa shape index (κ1) is 14.0. The molecule has 106 valence electrons. The summed E-state index contributed by atoms with van der Waals surface area (Å²) in [5.41, 5.74) is 0.807. The summed E-state index contributed by atoms with van der Waals surface area (Å²) in [5.74, 6) is 0.903. The van der Waals surface area contributed by atoms with Gasteiger partial charge in [0, 0.05) is 18.3 Å². The average molecular weight is 275 g/mol. The van der Waals surface area contributed by atoms with Gasteiger partial charge in [0.05, 0.1) is 6.10 Å². The number of carbonyl (C=O) groups is 1. The van der Waals surface area contributed by atoms with Crippen LogP contribution in [0.2, 0.25) is 0 Å². The summed E-state index contributed by atoms with van der Waals surface area (Å²) >= 11 is 0. The SMILES string of the molecule is Cc1nc(C(=O)NCc2cccnc2OC(C)C)n[nH]1. The molecule has 2 N–H and O–H groups in total. The largest absolute Gasteiger partial charge is 0.475 e. The molecular formula is C13H17N5O2. The van der Waals surface area contributed by atoms with E-state index >= 15 is 0 Å². The first-order valence-electron chi connectivity index (χ1n) is 6.34. The second-order valence-electron chi connectivity index (χ2n) is 4.56. The number of aromatic amines is 1. The second kappa shape index (κ2) is 6.14. The fourth-order valence-corrected chi connectivity index (χ4v) is 1.59. The van der Waals surface area contributed by atoms with Crippen molar-refractivity contribution in [2.75, 3.05) is 0 Å². The molecule has 2 heterocycles. The van der Waals surface area contributed by atoms with Crippen LogP contribution >= 0.6 is 0 Å². The molecule has 1 amide bonds. The molecule has 20 heavy (non-hydrogen) atoms. The number of nitrogens with one attached hydrogen (secondary N) is 2. The maximum absolute atomic E-state index is 11.8. The topological polar surface area (TPSA) is 92.8 Å². The molecule has 2 aromatic heterocycles. The van der Waals surface area contributed by atoms with Gasteiger partial charge >= 0.3 is 0 Å². The highest BCUT2D eigenvalue weighted by Gasteiger charge is 2.12. The zero-order valence-corrected chi connectivity index (χ0v) is 11.7. The summed E-state index contributed by atoms with van der Waals surface area (Å²) in [7, 11) is 0. The van der Waals surface area contributed by atoms with Crippen molar-refractivity contribution in [3.63, 3.8) is 0 Å². The maximum Gasteiger partial charge on any atom is 0.291 e. The Balaban J connectivity index is 2.02. The molecule has 0 aliphatic rings. The number of nitrogens with zero attached hydrogens (tertiary/aromatic N) is 3. The van der Waals surface area contributed by atoms with Gasteiger partial charge in [0.15, 0.2) is 0 Å². The minimum absolute atomic E-state index is 0.0232. The molecule has 0 aliphatic heterocycles. The number of hydrogen-bond donors (Lipinski definition) is 2. The van der Waals surface area contributed by atoms with Crippen LogP contribution in [0.5, 0.6) is 5.88 Å². The van der Waals surface area contributed by atoms with E-state index in [1.54, 1.807) is 19.2 Å². The van der Waals surface area contributed by atoms with E-state index in [0.717, 1.165) is 5.56 Å². The molecular weight excluding hydrogens is 258 g/mol. The lowest BCUT2D eigenvalue weighted by molar-refractivity contribution is 0.0940. The first-order chi connectivity index (χ1) is 9.56. The van der Waals surface area contributed by atoms with E-state index in [1.165, 1.54) is 0 Å². The van der Waals surface area contributed by atoms with Crippen molar-refractivity contribution < 1.29 is 9.53 Å². The average Bonchev–Trinajstić information content (AvgIpc) is 2.83. The molecule has 0 aromatic carbocycles. The van der Waals surface area contributed by atoms with Crippen molar-refractivity contribution in [3.8, 4) is 5.88 Å². The summed E-state index contributed by atoms with van der Waals surface area (Å²) in [4.78, 5) is 20.0. The van der Waals surface area contributed by atoms with Gasteiger partial charge in [-0.25, -0.2) is 9.97 Å². The monoisotopic (exact) mass is 275 g/mol. The van der Waals surface area contributed by atoms with Crippen LogP contribution in [-0.4, -0.2) is 32.2 Å². The third kappa shape index (κ3) is 3.53. The minimum atomic E-state index is -0.339. The van der Waals surface area contributed by atoms with Crippen LogP contribution in [-0.2, 0) is 6.54 Å². The Morgan fingerprint density at radius 1 is 1.50 bits per heavy atom. The smallest absolute Gasteiger partial charge is 0.291 e. The normalized spacial score (nSPS) is 10.6. The lowest BCUT2D eigenvalue weighted by atomic mass is 10.2. The number of amides is 1. The van der Waals surface area contributed by atoms with E-state index < -0.39 is 0 Å². The van der Waals surface area contributed by atoms with Crippen molar-refractivity contribution in [3.05, 3.63) is 35.5 Å². The van der Waals surface area contributed by atoms with Crippen LogP contribution in [0.15, 0.2) is 18.3 Å². The lowest BCUT2D eigenvalue weighted by Crippen LogP contribution is -2.24. The van der Waals surface area contributed by atoms with Gasteiger partial charge in [0.25, 0.3) is 5.91 Å². The van der Waals surface area contributed by atoms with Crippen molar-refractivity contribution >= 4 is 5.91 Å². The molecule has 0 spiro atoms. The predicted molar refractivity (Wildman–Crippen MR) is 72.3 cm³/mol. The molecule has 0 radical (unpaired) electrons. The number of ether oxygens (including phenoxy) is 1. The van der Waals surface area contributed by atoms with E-state index in [2.05, 4.69) is 25.5 Å². The predicted octanol–water partition coefficient (Wildman–Crippen LogP) is 1.23. The van der Waals surface area contributed by atoms with Crippen LogP contribution < -0.4 is 10.1 Å². The molecule has 7 heteroatoms. The minimum Gasteiger partial charge on any atom is -0.475 e. The van der Waals surface area contributed by atoms with E-state index in [0.29, 0.717) is 18.2 Å². The summed E-state index contributed by atoms with van der Waals surface area (Å²) < 4.78 is 5.59. The van der Waals surface area contributed by atoms with Gasteiger partial charge in [-0.15, -0.1) is 5.10 Å². The van der Waals surface area contributed by atoms with Crippen LogP contribution in [0.3, 0.4) is 0 Å². The van der Waals surface area contributed by atoms with Gasteiger partial charge in [-0.1, -0.05) is 6.07 Å². The van der Waals surface area contributed by atoms with Crippen molar-refractivity contribution in [2.24, 2.45) is 0 Å². The Bertz CT molecular complexity index is 594. The zero-order chi connectivity index (χ0) is 14.5. The van der Waals surface area contributed by atoms with Gasteiger partial charge in [0.1, 0.15) is 5.82 Å². The van der Waals surface area contributed by atoms with Gasteiger partial charge in [-0.3, -0.25) is 9.89 Å². The molecule has 0 fully saturated rings. The number of rotatable bonds is 5. The number of aryl methyl sites for hydroxylation is 1. The second-order valence-corrected chi connectivity index (χ2v) is 4.56. The van der Waals surface area contributed by atoms with Crippen molar-refractivity contribution in [1.29, 1.82) is 0 Å². The Morgan fingerprint density at radius 3 is 2.95 bits per heavy atom. The third-order valence-corrected chi connectivity index (χ3v) is 2.44. The number of hydrogen-bond acceptors (Lipinski definition) is 5. The standard InChI is InChI=1S/C13H17N5O2/c1-8(2)20-13-10(5-4-6-14-13)7-15-12(19)11-16-9(3)17-18-11/h4-6,8H,7H2,1-3H3,(H,15,19)(H,16,17,18). The van der Waals surface area contributed by atoms with E-state index in [-0.39, 0.29) is 17.8 Å². The van der Waals surface area contributed by atoms with E-state index in [9.17, 15) is 4.79 Å². The molecule has 0 atom stereocenters. The zero-order valence-electron chi connectivity index (χ0n) is 11.7. The van der Waals surface area contributed by atoms with Crippen molar-refractivity contribution in [2.45, 2.75) is 33.4 Å². The first-order valence-corrected chi connectivity index (χ1v) is 6.34. The van der Waals surface area contributed by atoms with Crippen LogP contribution in [0.4, 0.5) is 0 Å². The van der Waals surface area contributed by atoms with Gasteiger partial charge < -0.3 is 10.1 Å². The third-order valence-electron chi connectivity index (χ3n) is 2.44. The Morgan fingerprint density at radius 2 is 2.30 bits per heavy atom. The van der Waals surface area contributed by atoms with Crippen LogP contribution in [0, 0.1) is 6.92 Å². The van der Waals surface area contributed by atoms with Gasteiger partial charge in [-0.05, 0) is 26.8 Å². The molecule has 0 unspecified atom stereocenters. The number of aromatic nitrogens is 4. The Hall–Kier alpha value is -2.44. The maximum atomic E-state index is 11.8. The Kier molecular flexibility index (Phi) is 4.29. The van der Waals surface area contributed by atoms with Gasteiger partial charge in [0.2, 0.25) is 11.7 Å². The molecule has 2 rings (SSSR count). The number of carbonyl (C=O) groups excluding carboxylic acids is 1. The van der Waals surface area contributed by atoms with E-state index in [4.69, 9.17) is 4.74 Å². The van der Waals surface area contributed by atoms with Crippen LogP contribution in [0.25, 0.3) is 0 Å². The molecule has 0 saturated carbocycles. The fourth-order valence-electron chi connectivity index (χ4n) is 1.59. The molecule has 2 aromatic rings. The lowest BCUT2D eigenvalue weighted by Gasteiger charge is -2.12. The summed E-state index contributed by atoms with van der Waals surface area (Å²) in [5, 5.41) is 9.17. The van der Waals surface area contributed by atoms with Crippen molar-refractivity contribution in [1.82, 2.24) is 25.5 Å². The van der Waals surface area contributed by atoms with Crippen LogP contribution in [0.1, 0.15) is 35.9 Å². The highest BCUT2D eigenvalue weighted by molar-refractivity contribution is 5.90. The summed E-state index contributed by atoms with van der Waals surface area (Å²) in [6.07, 6.45) is 1.68. The molecule has 0 aliphatic carbocycles. The highest BCUT2D eigenvalue weighted by Crippen LogP contribution is 2.15. The summed E-state index contributed by atoms with van der Waals surface area (Å²) in [6, 6.07) is 3.65. The fraction of sp³-hybridized carbons (Fsp3) is 0.385. The number of H-pyrrole nitrogens is 1. The molecule has 0 bridgehead atoms. The van der Waals surface area contributed by atoms with Gasteiger partial charge in [-0.2, -0.15) is 0 Å². The van der Waals surface area contributed by atoms with E-state index in [1.807, 2.05) is 19.9 Å². The molecule has 0 saturated heterocycles. The Labute approximate surface area is 116 Å².